The molecule has 0 saturated carbocycles. The molecule has 134 valence electrons. The van der Waals surface area contributed by atoms with Gasteiger partial charge in [-0.1, -0.05) is 6.92 Å². The second-order valence-electron chi connectivity index (χ2n) is 6.44. The molecule has 0 N–H and O–H groups in total. The lowest BCUT2D eigenvalue weighted by atomic mass is 10.00. The second-order valence-corrected chi connectivity index (χ2v) is 6.44. The van der Waals surface area contributed by atoms with E-state index in [4.69, 9.17) is 9.15 Å². The van der Waals surface area contributed by atoms with E-state index in [9.17, 15) is 9.59 Å². The fourth-order valence-corrected chi connectivity index (χ4v) is 3.14. The molecular weight excluding hydrogens is 322 g/mol. The fraction of sp³-hybridized carbons (Fsp3) is 0.474. The minimum Gasteiger partial charge on any atom is -0.478 e. The van der Waals surface area contributed by atoms with Gasteiger partial charge in [0.25, 0.3) is 0 Å². The van der Waals surface area contributed by atoms with Crippen LogP contribution in [0.25, 0.3) is 11.0 Å². The number of esters is 1. The zero-order valence-electron chi connectivity index (χ0n) is 15.0. The maximum absolute atomic E-state index is 12.4. The van der Waals surface area contributed by atoms with Crippen LogP contribution in [0.1, 0.15) is 37.0 Å². The van der Waals surface area contributed by atoms with Crippen LogP contribution in [-0.2, 0) is 22.5 Å². The largest absolute Gasteiger partial charge is 0.478 e. The van der Waals surface area contributed by atoms with E-state index in [-0.39, 0.29) is 6.42 Å². The Bertz CT molecular complexity index is 870. The van der Waals surface area contributed by atoms with Crippen molar-refractivity contribution in [2.45, 2.75) is 46.2 Å². The summed E-state index contributed by atoms with van der Waals surface area (Å²) in [5.74, 6) is 0.286. The number of fused-ring (bicyclic) bond motifs is 3. The molecule has 1 atom stereocenters. The van der Waals surface area contributed by atoms with Gasteiger partial charge in [0.05, 0.1) is 24.7 Å². The van der Waals surface area contributed by atoms with Gasteiger partial charge in [-0.05, 0) is 38.0 Å². The molecule has 0 fully saturated rings. The number of hydrogen-bond acceptors (Lipinski definition) is 6. The molecule has 6 nitrogen and oxygen atoms in total. The van der Waals surface area contributed by atoms with Gasteiger partial charge >= 0.3 is 11.6 Å². The summed E-state index contributed by atoms with van der Waals surface area (Å²) >= 11 is 0. The average molecular weight is 345 g/mol. The third kappa shape index (κ3) is 3.14. The number of ether oxygens (including phenoxy) is 2. The number of carbonyl (C=O) groups excluding carboxylic acids is 1. The van der Waals surface area contributed by atoms with E-state index in [1.54, 1.807) is 0 Å². The first-order valence-electron chi connectivity index (χ1n) is 8.48. The van der Waals surface area contributed by atoms with Gasteiger partial charge in [-0.15, -0.1) is 0 Å². The summed E-state index contributed by atoms with van der Waals surface area (Å²) in [7, 11) is 1.30. The lowest BCUT2D eigenvalue weighted by Gasteiger charge is -2.33. The van der Waals surface area contributed by atoms with Crippen molar-refractivity contribution in [2.75, 3.05) is 13.8 Å². The monoisotopic (exact) mass is 345 g/mol. The van der Waals surface area contributed by atoms with Crippen LogP contribution in [0.2, 0.25) is 0 Å². The van der Waals surface area contributed by atoms with Gasteiger partial charge in [0, 0.05) is 18.0 Å². The van der Waals surface area contributed by atoms with Gasteiger partial charge in [0.1, 0.15) is 18.1 Å². The van der Waals surface area contributed by atoms with E-state index < -0.39 is 11.6 Å². The molecule has 6 heteroatoms. The summed E-state index contributed by atoms with van der Waals surface area (Å²) in [6, 6.07) is 4.15. The molecule has 0 radical (unpaired) electrons. The fourth-order valence-electron chi connectivity index (χ4n) is 3.14. The van der Waals surface area contributed by atoms with Crippen LogP contribution in [0.15, 0.2) is 21.3 Å². The summed E-state index contributed by atoms with van der Waals surface area (Å²) in [6.45, 7) is 7.31. The third-order valence-electron chi connectivity index (χ3n) is 5.03. The lowest BCUT2D eigenvalue weighted by Crippen LogP contribution is -2.38. The van der Waals surface area contributed by atoms with Crippen molar-refractivity contribution in [3.05, 3.63) is 39.2 Å². The molecule has 0 unspecified atom stereocenters. The highest BCUT2D eigenvalue weighted by atomic mass is 16.5. The standard InChI is InChI=1S/C19H23NO5/c1-5-11(2)20-9-15-16(24-10-20)7-6-13-12(3)14(8-17(21)23-4)19(22)25-18(13)15/h6-7,11H,5,8-10H2,1-4H3/t11-/m0/s1. The number of hydrogen-bond donors (Lipinski definition) is 0. The molecule has 0 spiro atoms. The SMILES string of the molecule is CC[C@H](C)N1COc2ccc3c(C)c(CC(=O)OC)c(=O)oc3c2C1. The number of rotatable bonds is 4. The van der Waals surface area contributed by atoms with Gasteiger partial charge in [0.15, 0.2) is 0 Å². The predicted octanol–water partition coefficient (Wildman–Crippen LogP) is 2.77. The maximum Gasteiger partial charge on any atom is 0.340 e. The molecule has 1 aromatic carbocycles. The number of nitrogens with zero attached hydrogens (tertiary/aromatic N) is 1. The van der Waals surface area contributed by atoms with Gasteiger partial charge in [-0.3, -0.25) is 9.69 Å². The third-order valence-corrected chi connectivity index (χ3v) is 5.03. The molecule has 2 heterocycles. The quantitative estimate of drug-likeness (QED) is 0.627. The van der Waals surface area contributed by atoms with Crippen LogP contribution in [0.4, 0.5) is 0 Å². The molecule has 1 aromatic heterocycles. The first-order valence-corrected chi connectivity index (χ1v) is 8.48. The first-order chi connectivity index (χ1) is 12.0. The maximum atomic E-state index is 12.4. The Balaban J connectivity index is 2.12. The van der Waals surface area contributed by atoms with Gasteiger partial charge in [-0.2, -0.15) is 0 Å². The summed E-state index contributed by atoms with van der Waals surface area (Å²) in [6.07, 6.45) is 0.920. The van der Waals surface area contributed by atoms with E-state index in [2.05, 4.69) is 23.5 Å². The lowest BCUT2D eigenvalue weighted by molar-refractivity contribution is -0.139. The molecule has 0 bridgehead atoms. The Morgan fingerprint density at radius 1 is 1.40 bits per heavy atom. The molecule has 0 amide bonds. The summed E-state index contributed by atoms with van der Waals surface area (Å²) < 4.78 is 16.1. The normalized spacial score (nSPS) is 15.5. The number of aryl methyl sites for hydroxylation is 1. The smallest absolute Gasteiger partial charge is 0.340 e. The molecule has 0 aliphatic carbocycles. The van der Waals surface area contributed by atoms with Crippen LogP contribution in [-0.4, -0.2) is 30.8 Å². The molecule has 3 rings (SSSR count). The van der Waals surface area contributed by atoms with Crippen LogP contribution < -0.4 is 10.4 Å². The van der Waals surface area contributed by atoms with Crippen LogP contribution in [0, 0.1) is 6.92 Å². The molecule has 0 saturated heterocycles. The van der Waals surface area contributed by atoms with Crippen molar-refractivity contribution < 1.29 is 18.7 Å². The Morgan fingerprint density at radius 2 is 2.16 bits per heavy atom. The minimum absolute atomic E-state index is 0.0901. The Kier molecular flexibility index (Phi) is 4.81. The average Bonchev–Trinajstić information content (AvgIpc) is 2.63. The van der Waals surface area contributed by atoms with Crippen molar-refractivity contribution in [2.24, 2.45) is 0 Å². The van der Waals surface area contributed by atoms with Crippen molar-refractivity contribution in [3.63, 3.8) is 0 Å². The highest BCUT2D eigenvalue weighted by Gasteiger charge is 2.25. The molecule has 25 heavy (non-hydrogen) atoms. The van der Waals surface area contributed by atoms with Crippen LogP contribution in [0.5, 0.6) is 5.75 Å². The van der Waals surface area contributed by atoms with Crippen molar-refractivity contribution in [3.8, 4) is 5.75 Å². The van der Waals surface area contributed by atoms with E-state index in [0.29, 0.717) is 30.5 Å². The zero-order valence-corrected chi connectivity index (χ0v) is 15.0. The summed E-state index contributed by atoms with van der Waals surface area (Å²) in [5, 5.41) is 0.826. The van der Waals surface area contributed by atoms with E-state index in [0.717, 1.165) is 28.7 Å². The van der Waals surface area contributed by atoms with Gasteiger partial charge in [-0.25, -0.2) is 4.79 Å². The van der Waals surface area contributed by atoms with E-state index in [1.165, 1.54) is 7.11 Å². The van der Waals surface area contributed by atoms with Crippen LogP contribution in [0.3, 0.4) is 0 Å². The Hall–Kier alpha value is -2.34. The molecule has 1 aliphatic rings. The number of methoxy groups -OCH3 is 1. The topological polar surface area (TPSA) is 69.0 Å². The van der Waals surface area contributed by atoms with Gasteiger partial charge < -0.3 is 13.9 Å². The van der Waals surface area contributed by atoms with Crippen molar-refractivity contribution >= 4 is 16.9 Å². The van der Waals surface area contributed by atoms with Crippen molar-refractivity contribution in [1.29, 1.82) is 0 Å². The van der Waals surface area contributed by atoms with Gasteiger partial charge in [0.2, 0.25) is 0 Å². The molecule has 1 aliphatic heterocycles. The van der Waals surface area contributed by atoms with E-state index in [1.807, 2.05) is 19.1 Å². The first kappa shape index (κ1) is 17.5. The number of benzene rings is 1. The highest BCUT2D eigenvalue weighted by molar-refractivity contribution is 5.87. The summed E-state index contributed by atoms with van der Waals surface area (Å²) in [4.78, 5) is 26.2. The minimum atomic E-state index is -0.496. The van der Waals surface area contributed by atoms with Crippen LogP contribution >= 0.6 is 0 Å². The Labute approximate surface area is 146 Å². The van der Waals surface area contributed by atoms with Crippen molar-refractivity contribution in [1.82, 2.24) is 4.90 Å². The second kappa shape index (κ2) is 6.88. The summed E-state index contributed by atoms with van der Waals surface area (Å²) in [5.41, 5.74) is 2.02. The molecular formula is C19H23NO5. The Morgan fingerprint density at radius 3 is 2.84 bits per heavy atom. The highest BCUT2D eigenvalue weighted by Crippen LogP contribution is 2.34. The number of carbonyl (C=O) groups is 1. The van der Waals surface area contributed by atoms with E-state index >= 15 is 0 Å². The molecule has 2 aromatic rings. The zero-order chi connectivity index (χ0) is 18.1. The predicted molar refractivity (Wildman–Crippen MR) is 93.7 cm³/mol.